The van der Waals surface area contributed by atoms with Gasteiger partial charge >= 0.3 is 0 Å². The second-order valence-corrected chi connectivity index (χ2v) is 4.73. The van der Waals surface area contributed by atoms with Gasteiger partial charge in [0, 0.05) is 19.7 Å². The van der Waals surface area contributed by atoms with Gasteiger partial charge in [-0.1, -0.05) is 20.3 Å². The number of rotatable bonds is 5. The largest absolute Gasteiger partial charge is 0.380 e. The maximum Gasteiger partial charge on any atom is 0.0726 e. The minimum Gasteiger partial charge on any atom is -0.380 e. The van der Waals surface area contributed by atoms with Gasteiger partial charge in [0.15, 0.2) is 0 Å². The van der Waals surface area contributed by atoms with Crippen LogP contribution < -0.4 is 0 Å². The van der Waals surface area contributed by atoms with Crippen molar-refractivity contribution in [3.8, 4) is 0 Å². The molecule has 0 aromatic rings. The standard InChI is InChI=1S/C12H25NO/c1-5-10(2)9-13(3)11-7-6-8-12(11)14-4/h10-12H,5-9H2,1-4H3/t10?,11-,12-/m0/s1. The van der Waals surface area contributed by atoms with Crippen LogP contribution in [0.15, 0.2) is 0 Å². The number of hydrogen-bond acceptors (Lipinski definition) is 2. The average molecular weight is 199 g/mol. The highest BCUT2D eigenvalue weighted by Gasteiger charge is 2.30. The van der Waals surface area contributed by atoms with E-state index in [1.807, 2.05) is 7.11 Å². The van der Waals surface area contributed by atoms with Gasteiger partial charge in [-0.15, -0.1) is 0 Å². The first-order valence-corrected chi connectivity index (χ1v) is 5.92. The summed E-state index contributed by atoms with van der Waals surface area (Å²) in [6.45, 7) is 5.80. The second-order valence-electron chi connectivity index (χ2n) is 4.73. The van der Waals surface area contributed by atoms with Crippen LogP contribution in [0.1, 0.15) is 39.5 Å². The van der Waals surface area contributed by atoms with Gasteiger partial charge in [0.1, 0.15) is 0 Å². The van der Waals surface area contributed by atoms with Crippen LogP contribution >= 0.6 is 0 Å². The molecule has 0 radical (unpaired) electrons. The van der Waals surface area contributed by atoms with E-state index in [9.17, 15) is 0 Å². The number of methoxy groups -OCH3 is 1. The number of likely N-dealkylation sites (N-methyl/N-ethyl adjacent to an activating group) is 1. The molecule has 0 spiro atoms. The van der Waals surface area contributed by atoms with Crippen molar-refractivity contribution in [2.75, 3.05) is 20.7 Å². The van der Waals surface area contributed by atoms with Crippen molar-refractivity contribution in [1.82, 2.24) is 4.90 Å². The first kappa shape index (κ1) is 12.0. The Morgan fingerprint density at radius 2 is 2.14 bits per heavy atom. The van der Waals surface area contributed by atoms with Crippen LogP contribution in [0.4, 0.5) is 0 Å². The highest BCUT2D eigenvalue weighted by Crippen LogP contribution is 2.26. The van der Waals surface area contributed by atoms with Crippen LogP contribution in [-0.2, 0) is 4.74 Å². The molecule has 2 nitrogen and oxygen atoms in total. The van der Waals surface area contributed by atoms with Crippen molar-refractivity contribution in [2.24, 2.45) is 5.92 Å². The molecule has 0 aliphatic heterocycles. The summed E-state index contributed by atoms with van der Waals surface area (Å²) in [5, 5.41) is 0. The molecule has 0 amide bonds. The Kier molecular flexibility index (Phi) is 4.90. The lowest BCUT2D eigenvalue weighted by Gasteiger charge is -2.30. The summed E-state index contributed by atoms with van der Waals surface area (Å²) in [5.41, 5.74) is 0. The van der Waals surface area contributed by atoms with Gasteiger partial charge in [-0.2, -0.15) is 0 Å². The quantitative estimate of drug-likeness (QED) is 0.674. The monoisotopic (exact) mass is 199 g/mol. The summed E-state index contributed by atoms with van der Waals surface area (Å²) in [6.07, 6.45) is 5.63. The van der Waals surface area contributed by atoms with Crippen LogP contribution in [0.3, 0.4) is 0 Å². The minimum atomic E-state index is 0.476. The summed E-state index contributed by atoms with van der Waals surface area (Å²) >= 11 is 0. The van der Waals surface area contributed by atoms with Crippen molar-refractivity contribution >= 4 is 0 Å². The fraction of sp³-hybridized carbons (Fsp3) is 1.00. The SMILES string of the molecule is CCC(C)CN(C)[C@H]1CCC[C@@H]1OC. The summed E-state index contributed by atoms with van der Waals surface area (Å²) in [4.78, 5) is 2.50. The van der Waals surface area contributed by atoms with Crippen molar-refractivity contribution in [1.29, 1.82) is 0 Å². The molecule has 84 valence electrons. The molecule has 0 N–H and O–H groups in total. The van der Waals surface area contributed by atoms with Gasteiger partial charge in [-0.3, -0.25) is 0 Å². The smallest absolute Gasteiger partial charge is 0.0726 e. The number of nitrogens with zero attached hydrogens (tertiary/aromatic N) is 1. The zero-order valence-corrected chi connectivity index (χ0v) is 10.1. The molecule has 3 atom stereocenters. The van der Waals surface area contributed by atoms with Crippen molar-refractivity contribution in [2.45, 2.75) is 51.7 Å². The number of ether oxygens (including phenoxy) is 1. The summed E-state index contributed by atoms with van der Waals surface area (Å²) in [6, 6.07) is 0.661. The normalized spacial score (nSPS) is 29.8. The molecule has 1 aliphatic carbocycles. The predicted molar refractivity (Wildman–Crippen MR) is 60.5 cm³/mol. The molecule has 2 heteroatoms. The Hall–Kier alpha value is -0.0800. The van der Waals surface area contributed by atoms with E-state index in [1.54, 1.807) is 0 Å². The van der Waals surface area contributed by atoms with Crippen LogP contribution in [0, 0.1) is 5.92 Å². The zero-order chi connectivity index (χ0) is 10.6. The van der Waals surface area contributed by atoms with E-state index in [0.29, 0.717) is 12.1 Å². The number of hydrogen-bond donors (Lipinski definition) is 0. The molecule has 1 unspecified atom stereocenters. The first-order chi connectivity index (χ1) is 6.69. The molecule has 0 saturated heterocycles. The Bertz CT molecular complexity index is 160. The van der Waals surface area contributed by atoms with Crippen molar-refractivity contribution < 1.29 is 4.74 Å². The lowest BCUT2D eigenvalue weighted by atomic mass is 10.1. The van der Waals surface area contributed by atoms with E-state index in [2.05, 4.69) is 25.8 Å². The van der Waals surface area contributed by atoms with Gasteiger partial charge < -0.3 is 9.64 Å². The topological polar surface area (TPSA) is 12.5 Å². The summed E-state index contributed by atoms with van der Waals surface area (Å²) < 4.78 is 5.52. The Labute approximate surface area is 88.6 Å². The Morgan fingerprint density at radius 3 is 2.71 bits per heavy atom. The van der Waals surface area contributed by atoms with Crippen molar-refractivity contribution in [3.63, 3.8) is 0 Å². The first-order valence-electron chi connectivity index (χ1n) is 5.92. The van der Waals surface area contributed by atoms with E-state index >= 15 is 0 Å². The molecule has 1 aliphatic rings. The van der Waals surface area contributed by atoms with E-state index in [0.717, 1.165) is 5.92 Å². The fourth-order valence-electron chi connectivity index (χ4n) is 2.44. The molecule has 14 heavy (non-hydrogen) atoms. The molecular formula is C12H25NO. The van der Waals surface area contributed by atoms with E-state index in [1.165, 1.54) is 32.2 Å². The van der Waals surface area contributed by atoms with Gasteiger partial charge in [-0.05, 0) is 32.2 Å². The maximum absolute atomic E-state index is 5.52. The third kappa shape index (κ3) is 2.96. The van der Waals surface area contributed by atoms with Gasteiger partial charge in [-0.25, -0.2) is 0 Å². The van der Waals surface area contributed by atoms with Gasteiger partial charge in [0.2, 0.25) is 0 Å². The Morgan fingerprint density at radius 1 is 1.43 bits per heavy atom. The van der Waals surface area contributed by atoms with Gasteiger partial charge in [0.25, 0.3) is 0 Å². The lowest BCUT2D eigenvalue weighted by molar-refractivity contribution is 0.0383. The molecular weight excluding hydrogens is 174 g/mol. The summed E-state index contributed by atoms with van der Waals surface area (Å²) in [7, 11) is 4.09. The van der Waals surface area contributed by atoms with Crippen LogP contribution in [0.25, 0.3) is 0 Å². The predicted octanol–water partition coefficient (Wildman–Crippen LogP) is 2.53. The Balaban J connectivity index is 2.38. The third-order valence-corrected chi connectivity index (χ3v) is 3.58. The third-order valence-electron chi connectivity index (χ3n) is 3.58. The molecule has 1 fully saturated rings. The highest BCUT2D eigenvalue weighted by molar-refractivity contribution is 4.85. The molecule has 0 bridgehead atoms. The summed E-state index contributed by atoms with van der Waals surface area (Å²) in [5.74, 6) is 0.804. The molecule has 0 aromatic heterocycles. The van der Waals surface area contributed by atoms with Crippen LogP contribution in [0.2, 0.25) is 0 Å². The van der Waals surface area contributed by atoms with E-state index in [4.69, 9.17) is 4.74 Å². The minimum absolute atomic E-state index is 0.476. The average Bonchev–Trinajstić information content (AvgIpc) is 2.65. The van der Waals surface area contributed by atoms with Crippen molar-refractivity contribution in [3.05, 3.63) is 0 Å². The van der Waals surface area contributed by atoms with E-state index in [-0.39, 0.29) is 0 Å². The van der Waals surface area contributed by atoms with Gasteiger partial charge in [0.05, 0.1) is 6.10 Å². The molecule has 1 saturated carbocycles. The molecule has 0 heterocycles. The van der Waals surface area contributed by atoms with Crippen LogP contribution in [0.5, 0.6) is 0 Å². The second kappa shape index (κ2) is 5.72. The highest BCUT2D eigenvalue weighted by atomic mass is 16.5. The molecule has 0 aromatic carbocycles. The lowest BCUT2D eigenvalue weighted by Crippen LogP contribution is -2.40. The fourth-order valence-corrected chi connectivity index (χ4v) is 2.44. The zero-order valence-electron chi connectivity index (χ0n) is 10.1. The van der Waals surface area contributed by atoms with Crippen LogP contribution in [-0.4, -0.2) is 37.7 Å². The van der Waals surface area contributed by atoms with E-state index < -0.39 is 0 Å². The molecule has 1 rings (SSSR count). The maximum atomic E-state index is 5.52.